The van der Waals surface area contributed by atoms with Gasteiger partial charge in [-0.15, -0.1) is 0 Å². The minimum atomic E-state index is -0.0915. The van der Waals surface area contributed by atoms with E-state index in [1.54, 1.807) is 6.07 Å². The first kappa shape index (κ1) is 23.7. The lowest BCUT2D eigenvalue weighted by Gasteiger charge is -2.32. The number of amides is 1. The Labute approximate surface area is 210 Å². The number of piperidine rings is 1. The lowest BCUT2D eigenvalue weighted by atomic mass is 10.0. The number of carbonyl (C=O) groups is 1. The summed E-state index contributed by atoms with van der Waals surface area (Å²) in [5.41, 5.74) is 4.85. The predicted molar refractivity (Wildman–Crippen MR) is 144 cm³/mol. The highest BCUT2D eigenvalue weighted by Crippen LogP contribution is 2.31. The van der Waals surface area contributed by atoms with Crippen LogP contribution in [0, 0.1) is 0 Å². The van der Waals surface area contributed by atoms with Crippen molar-refractivity contribution in [3.63, 3.8) is 0 Å². The van der Waals surface area contributed by atoms with E-state index in [2.05, 4.69) is 63.4 Å². The molecule has 3 N–H and O–H groups in total. The summed E-state index contributed by atoms with van der Waals surface area (Å²) in [5, 5.41) is 19.2. The Hall–Kier alpha value is -3.06. The van der Waals surface area contributed by atoms with Gasteiger partial charge >= 0.3 is 0 Å². The molecule has 0 atom stereocenters. The van der Waals surface area contributed by atoms with Crippen LogP contribution < -0.4 is 10.6 Å². The van der Waals surface area contributed by atoms with Crippen LogP contribution >= 0.6 is 11.6 Å². The Morgan fingerprint density at radius 2 is 1.80 bits per heavy atom. The molecule has 6 nitrogen and oxygen atoms in total. The minimum Gasteiger partial charge on any atom is -0.392 e. The number of nitrogens with one attached hydrogen (secondary N) is 2. The molecule has 0 spiro atoms. The molecule has 5 rings (SSSR count). The summed E-state index contributed by atoms with van der Waals surface area (Å²) in [4.78, 5) is 15.0. The maximum absolute atomic E-state index is 12.8. The molecule has 2 heterocycles. The van der Waals surface area contributed by atoms with Gasteiger partial charge in [0.1, 0.15) is 0 Å². The first-order valence-corrected chi connectivity index (χ1v) is 12.6. The van der Waals surface area contributed by atoms with Crippen molar-refractivity contribution >= 4 is 50.7 Å². The fourth-order valence-electron chi connectivity index (χ4n) is 5.19. The number of benzene rings is 3. The maximum atomic E-state index is 12.8. The summed E-state index contributed by atoms with van der Waals surface area (Å²) < 4.78 is 2.31. The zero-order valence-electron chi connectivity index (χ0n) is 19.9. The zero-order chi connectivity index (χ0) is 24.4. The summed E-state index contributed by atoms with van der Waals surface area (Å²) >= 11 is 6.21. The van der Waals surface area contributed by atoms with Gasteiger partial charge in [-0.05, 0) is 56.2 Å². The van der Waals surface area contributed by atoms with Crippen molar-refractivity contribution in [1.82, 2.24) is 9.47 Å². The summed E-state index contributed by atoms with van der Waals surface area (Å²) in [6.45, 7) is 5.01. The zero-order valence-corrected chi connectivity index (χ0v) is 20.7. The van der Waals surface area contributed by atoms with E-state index in [0.29, 0.717) is 11.6 Å². The molecule has 0 bridgehead atoms. The van der Waals surface area contributed by atoms with Crippen molar-refractivity contribution in [2.75, 3.05) is 30.3 Å². The predicted octanol–water partition coefficient (Wildman–Crippen LogP) is 5.48. The van der Waals surface area contributed by atoms with E-state index >= 15 is 0 Å². The molecular formula is C28H31ClN4O2. The van der Waals surface area contributed by atoms with Crippen LogP contribution in [0.3, 0.4) is 0 Å². The van der Waals surface area contributed by atoms with E-state index in [-0.39, 0.29) is 18.6 Å². The van der Waals surface area contributed by atoms with E-state index in [1.807, 2.05) is 18.2 Å². The standard InChI is InChI=1S/C28H31ClN4O2/c1-2-33-26-9-4-3-6-21(26)22-16-20(10-11-27(22)33)31-28(35)17-32-14-12-19(13-15-32)30-25-8-5-7-24(29)23(25)18-34/h3-11,16,19,30,34H,2,12-15,17-18H2,1H3,(H,31,35). The maximum Gasteiger partial charge on any atom is 0.238 e. The summed E-state index contributed by atoms with van der Waals surface area (Å²) in [7, 11) is 0. The quantitative estimate of drug-likeness (QED) is 0.321. The van der Waals surface area contributed by atoms with Crippen LogP contribution in [0.4, 0.5) is 11.4 Å². The van der Waals surface area contributed by atoms with Crippen LogP contribution in [0.2, 0.25) is 5.02 Å². The third-order valence-corrected chi connectivity index (χ3v) is 7.32. The second-order valence-corrected chi connectivity index (χ2v) is 9.57. The highest BCUT2D eigenvalue weighted by molar-refractivity contribution is 6.31. The van der Waals surface area contributed by atoms with Crippen molar-refractivity contribution in [3.8, 4) is 0 Å². The van der Waals surface area contributed by atoms with Crippen molar-refractivity contribution in [1.29, 1.82) is 0 Å². The van der Waals surface area contributed by atoms with Gasteiger partial charge < -0.3 is 20.3 Å². The number of aliphatic hydroxyl groups is 1. The molecule has 35 heavy (non-hydrogen) atoms. The molecule has 1 saturated heterocycles. The number of para-hydroxylation sites is 1. The van der Waals surface area contributed by atoms with Crippen LogP contribution in [0.5, 0.6) is 0 Å². The van der Waals surface area contributed by atoms with Crippen molar-refractivity contribution in [3.05, 3.63) is 71.2 Å². The van der Waals surface area contributed by atoms with Gasteiger partial charge in [0.25, 0.3) is 0 Å². The molecule has 0 radical (unpaired) electrons. The molecule has 1 aliphatic heterocycles. The van der Waals surface area contributed by atoms with Crippen molar-refractivity contribution in [2.24, 2.45) is 0 Å². The molecule has 1 aromatic heterocycles. The monoisotopic (exact) mass is 490 g/mol. The highest BCUT2D eigenvalue weighted by Gasteiger charge is 2.22. The molecule has 1 amide bonds. The van der Waals surface area contributed by atoms with Gasteiger partial charge in [0.05, 0.1) is 13.2 Å². The molecule has 182 valence electrons. The second-order valence-electron chi connectivity index (χ2n) is 9.16. The molecule has 0 aliphatic carbocycles. The Morgan fingerprint density at radius 3 is 2.57 bits per heavy atom. The van der Waals surface area contributed by atoms with Gasteiger partial charge in [-0.3, -0.25) is 9.69 Å². The summed E-state index contributed by atoms with van der Waals surface area (Å²) in [5.74, 6) is 0.00685. The Kier molecular flexibility index (Phi) is 6.95. The van der Waals surface area contributed by atoms with Crippen LogP contribution in [0.1, 0.15) is 25.3 Å². The van der Waals surface area contributed by atoms with Gasteiger partial charge in [-0.2, -0.15) is 0 Å². The summed E-state index contributed by atoms with van der Waals surface area (Å²) in [6.07, 6.45) is 1.85. The lowest BCUT2D eigenvalue weighted by Crippen LogP contribution is -2.42. The van der Waals surface area contributed by atoms with E-state index < -0.39 is 0 Å². The van der Waals surface area contributed by atoms with Gasteiger partial charge in [0.15, 0.2) is 0 Å². The van der Waals surface area contributed by atoms with Crippen molar-refractivity contribution in [2.45, 2.75) is 39.0 Å². The van der Waals surface area contributed by atoms with E-state index in [9.17, 15) is 9.90 Å². The van der Waals surface area contributed by atoms with E-state index in [1.165, 1.54) is 16.4 Å². The smallest absolute Gasteiger partial charge is 0.238 e. The van der Waals surface area contributed by atoms with Crippen LogP contribution in [-0.4, -0.2) is 46.2 Å². The number of aliphatic hydroxyl groups excluding tert-OH is 1. The molecule has 0 saturated carbocycles. The average molecular weight is 491 g/mol. The van der Waals surface area contributed by atoms with Crippen LogP contribution in [-0.2, 0) is 17.9 Å². The Balaban J connectivity index is 1.19. The number of carbonyl (C=O) groups excluding carboxylic acids is 1. The topological polar surface area (TPSA) is 69.5 Å². The number of likely N-dealkylation sites (tertiary alicyclic amines) is 1. The average Bonchev–Trinajstić information content (AvgIpc) is 3.18. The fourth-order valence-corrected chi connectivity index (χ4v) is 5.42. The third kappa shape index (κ3) is 4.87. The number of hydrogen-bond donors (Lipinski definition) is 3. The largest absolute Gasteiger partial charge is 0.392 e. The van der Waals surface area contributed by atoms with E-state index in [0.717, 1.165) is 54.8 Å². The number of nitrogens with zero attached hydrogens (tertiary/aromatic N) is 2. The van der Waals surface area contributed by atoms with Crippen molar-refractivity contribution < 1.29 is 9.90 Å². The fraction of sp³-hybridized carbons (Fsp3) is 0.321. The molecule has 0 unspecified atom stereocenters. The SMILES string of the molecule is CCn1c2ccccc2c2cc(NC(=O)CN3CCC(Nc4cccc(Cl)c4CO)CC3)ccc21. The molecule has 1 fully saturated rings. The number of hydrogen-bond acceptors (Lipinski definition) is 4. The number of aryl methyl sites for hydroxylation is 1. The number of halogens is 1. The van der Waals surface area contributed by atoms with Crippen LogP contribution in [0.25, 0.3) is 21.8 Å². The van der Waals surface area contributed by atoms with Gasteiger partial charge in [-0.25, -0.2) is 0 Å². The number of anilines is 2. The molecule has 7 heteroatoms. The first-order valence-electron chi connectivity index (χ1n) is 12.3. The highest BCUT2D eigenvalue weighted by atomic mass is 35.5. The Morgan fingerprint density at radius 1 is 1.03 bits per heavy atom. The van der Waals surface area contributed by atoms with Gasteiger partial charge in [-0.1, -0.05) is 35.9 Å². The molecular weight excluding hydrogens is 460 g/mol. The molecule has 1 aliphatic rings. The number of rotatable bonds is 7. The van der Waals surface area contributed by atoms with E-state index in [4.69, 9.17) is 11.6 Å². The number of fused-ring (bicyclic) bond motifs is 3. The van der Waals surface area contributed by atoms with Gasteiger partial charge in [0.2, 0.25) is 5.91 Å². The first-order chi connectivity index (χ1) is 17.1. The Bertz CT molecular complexity index is 1360. The normalized spacial score (nSPS) is 15.1. The second kappa shape index (κ2) is 10.3. The number of aromatic nitrogens is 1. The molecule has 4 aromatic rings. The lowest BCUT2D eigenvalue weighted by molar-refractivity contribution is -0.117. The third-order valence-electron chi connectivity index (χ3n) is 6.96. The van der Waals surface area contributed by atoms with Crippen LogP contribution in [0.15, 0.2) is 60.7 Å². The molecule has 3 aromatic carbocycles. The summed E-state index contributed by atoms with van der Waals surface area (Å²) in [6, 6.07) is 20.5. The van der Waals surface area contributed by atoms with Gasteiger partial charge in [0, 0.05) is 69.4 Å². The minimum absolute atomic E-state index is 0.00685.